The molecule has 2 saturated heterocycles. The summed E-state index contributed by atoms with van der Waals surface area (Å²) < 4.78 is 0. The zero-order chi connectivity index (χ0) is 14.0. The summed E-state index contributed by atoms with van der Waals surface area (Å²) in [4.78, 5) is 27.6. The second-order valence-corrected chi connectivity index (χ2v) is 5.77. The minimum atomic E-state index is -0.743. The van der Waals surface area contributed by atoms with E-state index in [0.717, 1.165) is 25.9 Å². The fraction of sp³-hybridized carbons (Fsp3) is 0.857. The lowest BCUT2D eigenvalue weighted by molar-refractivity contribution is -0.144. The topological polar surface area (TPSA) is 60.9 Å². The number of nitrogens with zero attached hydrogens (tertiary/aromatic N) is 2. The summed E-state index contributed by atoms with van der Waals surface area (Å²) in [6.07, 6.45) is 4.03. The average molecular weight is 268 g/mol. The van der Waals surface area contributed by atoms with Crippen LogP contribution in [0.1, 0.15) is 39.5 Å². The molecule has 2 aliphatic rings. The van der Waals surface area contributed by atoms with Gasteiger partial charge in [-0.2, -0.15) is 0 Å². The van der Waals surface area contributed by atoms with Gasteiger partial charge in [0.15, 0.2) is 0 Å². The fourth-order valence-corrected chi connectivity index (χ4v) is 3.36. The Kier molecular flexibility index (Phi) is 4.45. The van der Waals surface area contributed by atoms with E-state index in [0.29, 0.717) is 13.0 Å². The number of piperidine rings is 1. The summed E-state index contributed by atoms with van der Waals surface area (Å²) in [5.41, 5.74) is 0. The highest BCUT2D eigenvalue weighted by Gasteiger charge is 2.40. The molecule has 1 N–H and O–H groups in total. The third-order valence-electron chi connectivity index (χ3n) is 4.64. The Morgan fingerprint density at radius 2 is 1.79 bits per heavy atom. The van der Waals surface area contributed by atoms with Crippen LogP contribution < -0.4 is 0 Å². The van der Waals surface area contributed by atoms with Crippen LogP contribution in [-0.2, 0) is 9.59 Å². The molecule has 5 heteroatoms. The first-order chi connectivity index (χ1) is 9.02. The van der Waals surface area contributed by atoms with E-state index in [1.807, 2.05) is 18.7 Å². The molecule has 108 valence electrons. The predicted molar refractivity (Wildman–Crippen MR) is 71.8 cm³/mol. The summed E-state index contributed by atoms with van der Waals surface area (Å²) >= 11 is 0. The predicted octanol–water partition coefficient (Wildman–Crippen LogP) is 1.18. The Morgan fingerprint density at radius 3 is 2.32 bits per heavy atom. The second-order valence-electron chi connectivity index (χ2n) is 5.77. The number of rotatable bonds is 3. The van der Waals surface area contributed by atoms with Crippen LogP contribution in [0.4, 0.5) is 0 Å². The largest absolute Gasteiger partial charge is 0.481 e. The molecule has 3 atom stereocenters. The van der Waals surface area contributed by atoms with Gasteiger partial charge in [-0.1, -0.05) is 0 Å². The van der Waals surface area contributed by atoms with E-state index in [-0.39, 0.29) is 23.9 Å². The first-order valence-electron chi connectivity index (χ1n) is 7.29. The van der Waals surface area contributed by atoms with Crippen LogP contribution >= 0.6 is 0 Å². The number of hydrogen-bond donors (Lipinski definition) is 1. The molecule has 2 fully saturated rings. The first-order valence-corrected chi connectivity index (χ1v) is 7.29. The Morgan fingerprint density at radius 1 is 1.16 bits per heavy atom. The van der Waals surface area contributed by atoms with Gasteiger partial charge in [0, 0.05) is 25.7 Å². The molecule has 0 saturated carbocycles. The maximum Gasteiger partial charge on any atom is 0.308 e. The van der Waals surface area contributed by atoms with Gasteiger partial charge in [0.25, 0.3) is 0 Å². The number of amides is 1. The maximum atomic E-state index is 12.4. The van der Waals surface area contributed by atoms with Crippen LogP contribution in [0.15, 0.2) is 0 Å². The van der Waals surface area contributed by atoms with Crippen LogP contribution in [0.25, 0.3) is 0 Å². The highest BCUT2D eigenvalue weighted by Crippen LogP contribution is 2.27. The van der Waals surface area contributed by atoms with Gasteiger partial charge in [-0.3, -0.25) is 14.5 Å². The minimum Gasteiger partial charge on any atom is -0.481 e. The van der Waals surface area contributed by atoms with Crippen molar-refractivity contribution in [3.63, 3.8) is 0 Å². The Hall–Kier alpha value is -1.10. The van der Waals surface area contributed by atoms with Gasteiger partial charge in [0.05, 0.1) is 12.0 Å². The van der Waals surface area contributed by atoms with Crippen LogP contribution in [0, 0.1) is 5.92 Å². The van der Waals surface area contributed by atoms with E-state index in [1.165, 1.54) is 6.42 Å². The zero-order valence-corrected chi connectivity index (χ0v) is 11.8. The maximum absolute atomic E-state index is 12.4. The van der Waals surface area contributed by atoms with E-state index < -0.39 is 5.97 Å². The number of carbonyl (C=O) groups excluding carboxylic acids is 1. The van der Waals surface area contributed by atoms with E-state index in [2.05, 4.69) is 4.90 Å². The van der Waals surface area contributed by atoms with Gasteiger partial charge >= 0.3 is 5.97 Å². The highest BCUT2D eigenvalue weighted by molar-refractivity contribution is 5.82. The molecule has 5 nitrogen and oxygen atoms in total. The first kappa shape index (κ1) is 14.3. The lowest BCUT2D eigenvalue weighted by atomic mass is 10.0. The SMILES string of the molecule is CC(C(=O)N1CCCCC1)N1CCC(C(=O)O)C1C. The summed E-state index contributed by atoms with van der Waals surface area (Å²) in [6, 6.07) is -0.251. The number of hydrogen-bond acceptors (Lipinski definition) is 3. The molecule has 19 heavy (non-hydrogen) atoms. The Balaban J connectivity index is 1.97. The molecule has 0 aromatic heterocycles. The van der Waals surface area contributed by atoms with Crippen molar-refractivity contribution in [3.8, 4) is 0 Å². The van der Waals surface area contributed by atoms with Crippen LogP contribution in [0.5, 0.6) is 0 Å². The van der Waals surface area contributed by atoms with E-state index in [1.54, 1.807) is 0 Å². The van der Waals surface area contributed by atoms with Crippen molar-refractivity contribution >= 4 is 11.9 Å². The lowest BCUT2D eigenvalue weighted by Gasteiger charge is -2.34. The molecular weight excluding hydrogens is 244 g/mol. The molecule has 0 aromatic rings. The molecule has 2 heterocycles. The van der Waals surface area contributed by atoms with Gasteiger partial charge < -0.3 is 10.0 Å². The summed E-state index contributed by atoms with van der Waals surface area (Å²) in [5, 5.41) is 9.15. The van der Waals surface area contributed by atoms with Crippen molar-refractivity contribution < 1.29 is 14.7 Å². The number of carbonyl (C=O) groups is 2. The standard InChI is InChI=1S/C14H24N2O3/c1-10-12(14(18)19)6-9-16(10)11(2)13(17)15-7-4-3-5-8-15/h10-12H,3-9H2,1-2H3,(H,18,19). The monoisotopic (exact) mass is 268 g/mol. The fourth-order valence-electron chi connectivity index (χ4n) is 3.36. The van der Waals surface area contributed by atoms with E-state index in [4.69, 9.17) is 5.11 Å². The Labute approximate surface area is 114 Å². The third kappa shape index (κ3) is 2.91. The van der Waals surface area contributed by atoms with Gasteiger partial charge in [-0.25, -0.2) is 0 Å². The smallest absolute Gasteiger partial charge is 0.308 e. The molecule has 0 bridgehead atoms. The summed E-state index contributed by atoms with van der Waals surface area (Å²) in [5.74, 6) is -0.915. The molecule has 2 rings (SSSR count). The number of carboxylic acids is 1. The van der Waals surface area contributed by atoms with Crippen molar-refractivity contribution in [2.75, 3.05) is 19.6 Å². The van der Waals surface area contributed by atoms with E-state index >= 15 is 0 Å². The van der Waals surface area contributed by atoms with Gasteiger partial charge in [0.1, 0.15) is 0 Å². The molecular formula is C14H24N2O3. The average Bonchev–Trinajstić information content (AvgIpc) is 2.80. The number of aliphatic carboxylic acids is 1. The Bertz CT molecular complexity index is 353. The third-order valence-corrected chi connectivity index (χ3v) is 4.64. The quantitative estimate of drug-likeness (QED) is 0.835. The molecule has 0 radical (unpaired) electrons. The van der Waals surface area contributed by atoms with Crippen LogP contribution in [-0.4, -0.2) is 58.5 Å². The summed E-state index contributed by atoms with van der Waals surface area (Å²) in [6.45, 7) is 6.25. The normalized spacial score (nSPS) is 30.3. The molecule has 3 unspecified atom stereocenters. The second kappa shape index (κ2) is 5.90. The van der Waals surface area contributed by atoms with Gasteiger partial charge in [0.2, 0.25) is 5.91 Å². The van der Waals surface area contributed by atoms with Crippen molar-refractivity contribution in [3.05, 3.63) is 0 Å². The van der Waals surface area contributed by atoms with E-state index in [9.17, 15) is 9.59 Å². The highest BCUT2D eigenvalue weighted by atomic mass is 16.4. The van der Waals surface area contributed by atoms with Crippen molar-refractivity contribution in [2.45, 2.75) is 51.6 Å². The molecule has 1 amide bonds. The van der Waals surface area contributed by atoms with Crippen molar-refractivity contribution in [2.24, 2.45) is 5.92 Å². The molecule has 0 spiro atoms. The van der Waals surface area contributed by atoms with Gasteiger partial charge in [-0.15, -0.1) is 0 Å². The number of likely N-dealkylation sites (tertiary alicyclic amines) is 2. The van der Waals surface area contributed by atoms with Gasteiger partial charge in [-0.05, 0) is 39.5 Å². The van der Waals surface area contributed by atoms with Crippen LogP contribution in [0.3, 0.4) is 0 Å². The lowest BCUT2D eigenvalue weighted by Crippen LogP contribution is -2.50. The number of carboxylic acid groups (broad SMARTS) is 1. The van der Waals surface area contributed by atoms with Crippen molar-refractivity contribution in [1.82, 2.24) is 9.80 Å². The zero-order valence-electron chi connectivity index (χ0n) is 11.8. The molecule has 0 aliphatic carbocycles. The minimum absolute atomic E-state index is 0.0544. The molecule has 0 aromatic carbocycles. The van der Waals surface area contributed by atoms with Crippen molar-refractivity contribution in [1.29, 1.82) is 0 Å². The molecule has 2 aliphatic heterocycles. The van der Waals surface area contributed by atoms with Crippen LogP contribution in [0.2, 0.25) is 0 Å². The summed E-state index contributed by atoms with van der Waals surface area (Å²) in [7, 11) is 0.